The number of halogens is 2. The van der Waals surface area contributed by atoms with Crippen molar-refractivity contribution in [2.24, 2.45) is 0 Å². The highest BCUT2D eigenvalue weighted by Gasteiger charge is 2.16. The summed E-state index contributed by atoms with van der Waals surface area (Å²) in [5, 5.41) is 6.43. The summed E-state index contributed by atoms with van der Waals surface area (Å²) in [6.07, 6.45) is -0.0625. The molecule has 0 aliphatic rings. The number of hydrogen-bond donors (Lipinski definition) is 2. The molecule has 2 rings (SSSR count). The van der Waals surface area contributed by atoms with Crippen LogP contribution in [0.15, 0.2) is 39.9 Å². The minimum atomic E-state index is -3.99. The number of carbonyl (C=O) groups excluding carboxylic acids is 1. The summed E-state index contributed by atoms with van der Waals surface area (Å²) in [5.74, 6) is -2.69. The second-order valence-corrected chi connectivity index (χ2v) is 7.18. The number of hydrogen-bond acceptors (Lipinski definition) is 4. The van der Waals surface area contributed by atoms with E-state index in [2.05, 4.69) is 10.0 Å². The van der Waals surface area contributed by atoms with Gasteiger partial charge in [-0.05, 0) is 40.6 Å². The molecule has 0 atom stereocenters. The standard InChI is InChI=1S/C14H14F2N2O3S2/c15-12-2-1-11(7-13(12)16)23(20,21)18-5-3-14(19)17-8-10-4-6-22-9-10/h1-2,4,6-7,9,18H,3,5,8H2,(H,17,19). The SMILES string of the molecule is O=C(CCNS(=O)(=O)c1ccc(F)c(F)c1)NCc1ccsc1. The van der Waals surface area contributed by atoms with Crippen LogP contribution in [0.2, 0.25) is 0 Å². The second-order valence-electron chi connectivity index (χ2n) is 4.63. The molecular weight excluding hydrogens is 346 g/mol. The molecular formula is C14H14F2N2O3S2. The van der Waals surface area contributed by atoms with Crippen molar-refractivity contribution in [3.8, 4) is 0 Å². The van der Waals surface area contributed by atoms with E-state index in [-0.39, 0.29) is 18.9 Å². The highest BCUT2D eigenvalue weighted by Crippen LogP contribution is 2.13. The Morgan fingerprint density at radius 1 is 1.17 bits per heavy atom. The van der Waals surface area contributed by atoms with Crippen LogP contribution in [0.3, 0.4) is 0 Å². The normalized spacial score (nSPS) is 11.4. The van der Waals surface area contributed by atoms with E-state index in [9.17, 15) is 22.0 Å². The van der Waals surface area contributed by atoms with Gasteiger partial charge in [0.05, 0.1) is 4.90 Å². The second kappa shape index (κ2) is 7.62. The Labute approximate surface area is 136 Å². The lowest BCUT2D eigenvalue weighted by atomic mass is 10.3. The van der Waals surface area contributed by atoms with Gasteiger partial charge < -0.3 is 5.32 Å². The third kappa shape index (κ3) is 5.08. The van der Waals surface area contributed by atoms with Crippen LogP contribution >= 0.6 is 11.3 Å². The topological polar surface area (TPSA) is 75.3 Å². The molecule has 0 spiro atoms. The predicted molar refractivity (Wildman–Crippen MR) is 82.3 cm³/mol. The summed E-state index contributed by atoms with van der Waals surface area (Å²) in [6.45, 7) is 0.231. The zero-order valence-corrected chi connectivity index (χ0v) is 13.5. The van der Waals surface area contributed by atoms with Gasteiger partial charge in [0.25, 0.3) is 0 Å². The third-order valence-corrected chi connectivity index (χ3v) is 5.11. The van der Waals surface area contributed by atoms with Crippen LogP contribution in [-0.4, -0.2) is 20.9 Å². The van der Waals surface area contributed by atoms with Gasteiger partial charge in [0.2, 0.25) is 15.9 Å². The van der Waals surface area contributed by atoms with Gasteiger partial charge in [0.1, 0.15) is 0 Å². The van der Waals surface area contributed by atoms with E-state index in [1.165, 1.54) is 11.3 Å². The van der Waals surface area contributed by atoms with E-state index in [4.69, 9.17) is 0 Å². The molecule has 1 heterocycles. The number of thiophene rings is 1. The van der Waals surface area contributed by atoms with Crippen LogP contribution in [0.4, 0.5) is 8.78 Å². The minimum Gasteiger partial charge on any atom is -0.352 e. The zero-order chi connectivity index (χ0) is 16.9. The van der Waals surface area contributed by atoms with Gasteiger partial charge in [-0.25, -0.2) is 21.9 Å². The summed E-state index contributed by atoms with van der Waals surface area (Å²) >= 11 is 1.51. The lowest BCUT2D eigenvalue weighted by molar-refractivity contribution is -0.121. The van der Waals surface area contributed by atoms with Gasteiger partial charge in [-0.2, -0.15) is 11.3 Å². The number of nitrogens with one attached hydrogen (secondary N) is 2. The zero-order valence-electron chi connectivity index (χ0n) is 11.9. The fraction of sp³-hybridized carbons (Fsp3) is 0.214. The van der Waals surface area contributed by atoms with Gasteiger partial charge in [-0.1, -0.05) is 0 Å². The largest absolute Gasteiger partial charge is 0.352 e. The Bertz CT molecular complexity index is 777. The minimum absolute atomic E-state index is 0.0625. The van der Waals surface area contributed by atoms with Crippen LogP contribution in [0.25, 0.3) is 0 Å². The fourth-order valence-corrected chi connectivity index (χ4v) is 3.42. The molecule has 0 unspecified atom stereocenters. The van der Waals surface area contributed by atoms with E-state index in [1.807, 2.05) is 16.8 Å². The maximum Gasteiger partial charge on any atom is 0.240 e. The molecule has 23 heavy (non-hydrogen) atoms. The average Bonchev–Trinajstić information content (AvgIpc) is 3.01. The van der Waals surface area contributed by atoms with Crippen LogP contribution in [0.1, 0.15) is 12.0 Å². The first-order valence-corrected chi connectivity index (χ1v) is 9.03. The Morgan fingerprint density at radius 2 is 1.96 bits per heavy atom. The molecule has 124 valence electrons. The first kappa shape index (κ1) is 17.5. The quantitative estimate of drug-likeness (QED) is 0.793. The van der Waals surface area contributed by atoms with Gasteiger partial charge in [0, 0.05) is 19.5 Å². The molecule has 0 bridgehead atoms. The van der Waals surface area contributed by atoms with Gasteiger partial charge in [-0.15, -0.1) is 0 Å². The van der Waals surface area contributed by atoms with Gasteiger partial charge in [0.15, 0.2) is 11.6 Å². The molecule has 0 aliphatic carbocycles. The average molecular weight is 360 g/mol. The molecule has 0 saturated heterocycles. The van der Waals surface area contributed by atoms with Gasteiger partial charge in [-0.3, -0.25) is 4.79 Å². The summed E-state index contributed by atoms with van der Waals surface area (Å²) in [6, 6.07) is 4.15. The maximum absolute atomic E-state index is 13.1. The Morgan fingerprint density at radius 3 is 2.61 bits per heavy atom. The lowest BCUT2D eigenvalue weighted by Gasteiger charge is -2.07. The molecule has 1 aromatic carbocycles. The van der Waals surface area contributed by atoms with E-state index in [0.29, 0.717) is 12.6 Å². The van der Waals surface area contributed by atoms with Crippen molar-refractivity contribution in [2.75, 3.05) is 6.54 Å². The summed E-state index contributed by atoms with van der Waals surface area (Å²) in [7, 11) is -3.99. The number of sulfonamides is 1. The molecule has 0 aliphatic heterocycles. The molecule has 9 heteroatoms. The predicted octanol–water partition coefficient (Wildman–Crippen LogP) is 2.01. The van der Waals surface area contributed by atoms with Crippen LogP contribution in [0.5, 0.6) is 0 Å². The van der Waals surface area contributed by atoms with E-state index < -0.39 is 26.6 Å². The monoisotopic (exact) mass is 360 g/mol. The van der Waals surface area contributed by atoms with Crippen molar-refractivity contribution >= 4 is 27.3 Å². The summed E-state index contributed by atoms with van der Waals surface area (Å²) in [4.78, 5) is 11.2. The van der Waals surface area contributed by atoms with Crippen molar-refractivity contribution < 1.29 is 22.0 Å². The van der Waals surface area contributed by atoms with Crippen molar-refractivity contribution in [2.45, 2.75) is 17.9 Å². The number of benzene rings is 1. The van der Waals surface area contributed by atoms with Crippen LogP contribution in [-0.2, 0) is 21.4 Å². The smallest absolute Gasteiger partial charge is 0.240 e. The van der Waals surface area contributed by atoms with Crippen molar-refractivity contribution in [3.63, 3.8) is 0 Å². The lowest BCUT2D eigenvalue weighted by Crippen LogP contribution is -2.30. The van der Waals surface area contributed by atoms with Crippen LogP contribution in [0, 0.1) is 11.6 Å². The number of rotatable bonds is 7. The van der Waals surface area contributed by atoms with E-state index in [0.717, 1.165) is 17.7 Å². The first-order valence-electron chi connectivity index (χ1n) is 6.61. The first-order chi connectivity index (χ1) is 10.9. The molecule has 5 nitrogen and oxygen atoms in total. The molecule has 2 N–H and O–H groups in total. The molecule has 1 aromatic heterocycles. The molecule has 2 aromatic rings. The molecule has 0 saturated carbocycles. The summed E-state index contributed by atoms with van der Waals surface area (Å²) < 4.78 is 51.8. The van der Waals surface area contributed by atoms with Crippen molar-refractivity contribution in [1.82, 2.24) is 10.0 Å². The van der Waals surface area contributed by atoms with Crippen LogP contribution < -0.4 is 10.0 Å². The number of amides is 1. The molecule has 0 fully saturated rings. The van der Waals surface area contributed by atoms with Gasteiger partial charge >= 0.3 is 0 Å². The Kier molecular flexibility index (Phi) is 5.80. The highest BCUT2D eigenvalue weighted by atomic mass is 32.2. The Balaban J connectivity index is 1.82. The van der Waals surface area contributed by atoms with E-state index in [1.54, 1.807) is 0 Å². The third-order valence-electron chi connectivity index (χ3n) is 2.92. The summed E-state index contributed by atoms with van der Waals surface area (Å²) in [5.41, 5.74) is 0.964. The molecule has 0 radical (unpaired) electrons. The van der Waals surface area contributed by atoms with Crippen molar-refractivity contribution in [1.29, 1.82) is 0 Å². The fourth-order valence-electron chi connectivity index (χ4n) is 1.71. The van der Waals surface area contributed by atoms with E-state index >= 15 is 0 Å². The number of carbonyl (C=O) groups is 1. The highest BCUT2D eigenvalue weighted by molar-refractivity contribution is 7.89. The maximum atomic E-state index is 13.1. The van der Waals surface area contributed by atoms with Crippen molar-refractivity contribution in [3.05, 3.63) is 52.2 Å². The molecule has 1 amide bonds. The Hall–Kier alpha value is -1.84.